The van der Waals surface area contributed by atoms with E-state index in [0.29, 0.717) is 18.5 Å². The Kier molecular flexibility index (Phi) is 4.75. The number of aromatic nitrogens is 2. The molecular formula is C16H16N2O3. The molecule has 0 aliphatic carbocycles. The summed E-state index contributed by atoms with van der Waals surface area (Å²) in [6.07, 6.45) is 2.14. The predicted molar refractivity (Wildman–Crippen MR) is 80.2 cm³/mol. The molecule has 0 atom stereocenters. The Morgan fingerprint density at radius 3 is 2.71 bits per heavy atom. The van der Waals surface area contributed by atoms with Crippen LogP contribution in [0.25, 0.3) is 0 Å². The Labute approximate surface area is 121 Å². The minimum atomic E-state index is -0.442. The summed E-state index contributed by atoms with van der Waals surface area (Å²) in [5, 5.41) is 8.78. The van der Waals surface area contributed by atoms with E-state index in [1.165, 1.54) is 4.57 Å². The van der Waals surface area contributed by atoms with Crippen LogP contribution >= 0.6 is 0 Å². The highest BCUT2D eigenvalue weighted by Gasteiger charge is 2.06. The SMILES string of the molecule is CCc1cn(Cc2ccccc2C#CCO)c(=O)[nH]c1=O. The largest absolute Gasteiger partial charge is 0.384 e. The molecule has 2 N–H and O–H groups in total. The zero-order chi connectivity index (χ0) is 15.2. The Bertz CT molecular complexity index is 806. The van der Waals surface area contributed by atoms with Crippen LogP contribution in [-0.2, 0) is 13.0 Å². The summed E-state index contributed by atoms with van der Waals surface area (Å²) >= 11 is 0. The summed E-state index contributed by atoms with van der Waals surface area (Å²) in [5.41, 5.74) is 1.39. The third kappa shape index (κ3) is 3.50. The van der Waals surface area contributed by atoms with E-state index in [-0.39, 0.29) is 12.2 Å². The van der Waals surface area contributed by atoms with Crippen molar-refractivity contribution in [1.82, 2.24) is 9.55 Å². The maximum Gasteiger partial charge on any atom is 0.328 e. The first-order chi connectivity index (χ1) is 10.2. The molecule has 0 saturated heterocycles. The fourth-order valence-corrected chi connectivity index (χ4v) is 2.02. The monoisotopic (exact) mass is 284 g/mol. The molecule has 0 aliphatic heterocycles. The fraction of sp³-hybridized carbons (Fsp3) is 0.250. The second kappa shape index (κ2) is 6.73. The Morgan fingerprint density at radius 2 is 2.00 bits per heavy atom. The maximum absolute atomic E-state index is 11.9. The molecule has 5 nitrogen and oxygen atoms in total. The third-order valence-electron chi connectivity index (χ3n) is 3.13. The summed E-state index contributed by atoms with van der Waals surface area (Å²) < 4.78 is 1.46. The van der Waals surface area contributed by atoms with Gasteiger partial charge in [0.15, 0.2) is 0 Å². The molecule has 0 bridgehead atoms. The second-order valence-corrected chi connectivity index (χ2v) is 4.51. The number of H-pyrrole nitrogens is 1. The number of nitrogens with zero attached hydrogens (tertiary/aromatic N) is 1. The van der Waals surface area contributed by atoms with E-state index in [1.807, 2.05) is 31.2 Å². The van der Waals surface area contributed by atoms with Crippen LogP contribution in [0.3, 0.4) is 0 Å². The normalized spacial score (nSPS) is 10.0. The summed E-state index contributed by atoms with van der Waals surface area (Å²) in [4.78, 5) is 25.8. The van der Waals surface area contributed by atoms with E-state index in [0.717, 1.165) is 11.1 Å². The first kappa shape index (κ1) is 14.8. The van der Waals surface area contributed by atoms with Crippen molar-refractivity contribution in [2.24, 2.45) is 0 Å². The lowest BCUT2D eigenvalue weighted by atomic mass is 10.1. The number of aliphatic hydroxyl groups excluding tert-OH is 1. The topological polar surface area (TPSA) is 75.1 Å². The van der Waals surface area contributed by atoms with Gasteiger partial charge in [-0.3, -0.25) is 14.3 Å². The lowest BCUT2D eigenvalue weighted by Crippen LogP contribution is -2.32. The summed E-state index contributed by atoms with van der Waals surface area (Å²) in [6.45, 7) is 1.96. The van der Waals surface area contributed by atoms with E-state index >= 15 is 0 Å². The van der Waals surface area contributed by atoms with E-state index in [4.69, 9.17) is 5.11 Å². The van der Waals surface area contributed by atoms with Crippen molar-refractivity contribution in [3.05, 3.63) is 68.0 Å². The van der Waals surface area contributed by atoms with Gasteiger partial charge in [0.05, 0.1) is 6.54 Å². The van der Waals surface area contributed by atoms with Crippen molar-refractivity contribution in [3.8, 4) is 11.8 Å². The van der Waals surface area contributed by atoms with Gasteiger partial charge in [-0.1, -0.05) is 37.0 Å². The number of aromatic amines is 1. The first-order valence-corrected chi connectivity index (χ1v) is 6.66. The van der Waals surface area contributed by atoms with Gasteiger partial charge in [-0.25, -0.2) is 4.79 Å². The number of aliphatic hydroxyl groups is 1. The van der Waals surface area contributed by atoms with Crippen LogP contribution in [0.15, 0.2) is 40.1 Å². The summed E-state index contributed by atoms with van der Waals surface area (Å²) in [5.74, 6) is 5.45. The van der Waals surface area contributed by atoms with Gasteiger partial charge in [0.25, 0.3) is 5.56 Å². The van der Waals surface area contributed by atoms with Crippen LogP contribution in [-0.4, -0.2) is 21.3 Å². The molecular weight excluding hydrogens is 268 g/mol. The van der Waals surface area contributed by atoms with Gasteiger partial charge >= 0.3 is 5.69 Å². The Morgan fingerprint density at radius 1 is 1.24 bits per heavy atom. The second-order valence-electron chi connectivity index (χ2n) is 4.51. The summed E-state index contributed by atoms with van der Waals surface area (Å²) in [6, 6.07) is 7.40. The van der Waals surface area contributed by atoms with Gasteiger partial charge in [-0.15, -0.1) is 0 Å². The quantitative estimate of drug-likeness (QED) is 0.806. The van der Waals surface area contributed by atoms with Gasteiger partial charge in [0, 0.05) is 17.3 Å². The predicted octanol–water partition coefficient (Wildman–Crippen LogP) is 0.491. The van der Waals surface area contributed by atoms with Crippen LogP contribution in [0.1, 0.15) is 23.6 Å². The molecule has 1 heterocycles. The van der Waals surface area contributed by atoms with Gasteiger partial charge in [0.2, 0.25) is 0 Å². The number of benzene rings is 1. The highest BCUT2D eigenvalue weighted by molar-refractivity contribution is 5.41. The summed E-state index contributed by atoms with van der Waals surface area (Å²) in [7, 11) is 0. The molecule has 0 amide bonds. The fourth-order valence-electron chi connectivity index (χ4n) is 2.02. The molecule has 0 radical (unpaired) electrons. The molecule has 0 saturated carbocycles. The van der Waals surface area contributed by atoms with Gasteiger partial charge in [-0.2, -0.15) is 0 Å². The minimum absolute atomic E-state index is 0.215. The van der Waals surface area contributed by atoms with Crippen molar-refractivity contribution in [2.45, 2.75) is 19.9 Å². The number of aryl methyl sites for hydroxylation is 1. The number of hydrogen-bond acceptors (Lipinski definition) is 3. The van der Waals surface area contributed by atoms with Gasteiger partial charge in [-0.05, 0) is 18.1 Å². The number of nitrogens with one attached hydrogen (secondary N) is 1. The third-order valence-corrected chi connectivity index (χ3v) is 3.13. The van der Waals surface area contributed by atoms with Crippen molar-refractivity contribution >= 4 is 0 Å². The first-order valence-electron chi connectivity index (χ1n) is 6.66. The smallest absolute Gasteiger partial charge is 0.328 e. The Hall–Kier alpha value is -2.58. The Balaban J connectivity index is 2.44. The van der Waals surface area contributed by atoms with Crippen LogP contribution in [0.5, 0.6) is 0 Å². The van der Waals surface area contributed by atoms with E-state index in [1.54, 1.807) is 6.20 Å². The highest BCUT2D eigenvalue weighted by atomic mass is 16.2. The molecule has 21 heavy (non-hydrogen) atoms. The molecule has 0 spiro atoms. The molecule has 1 aromatic heterocycles. The maximum atomic E-state index is 11.9. The zero-order valence-electron chi connectivity index (χ0n) is 11.7. The van der Waals surface area contributed by atoms with Crippen LogP contribution in [0.4, 0.5) is 0 Å². The van der Waals surface area contributed by atoms with Crippen molar-refractivity contribution in [3.63, 3.8) is 0 Å². The van der Waals surface area contributed by atoms with Crippen LogP contribution in [0, 0.1) is 11.8 Å². The van der Waals surface area contributed by atoms with Crippen molar-refractivity contribution in [1.29, 1.82) is 0 Å². The van der Waals surface area contributed by atoms with Gasteiger partial charge in [0.1, 0.15) is 6.61 Å². The average Bonchev–Trinajstić information content (AvgIpc) is 2.49. The van der Waals surface area contributed by atoms with Gasteiger partial charge < -0.3 is 5.11 Å². The van der Waals surface area contributed by atoms with E-state index < -0.39 is 5.69 Å². The lowest BCUT2D eigenvalue weighted by molar-refractivity contribution is 0.350. The minimum Gasteiger partial charge on any atom is -0.384 e. The van der Waals surface area contributed by atoms with Crippen LogP contribution in [0.2, 0.25) is 0 Å². The van der Waals surface area contributed by atoms with E-state index in [9.17, 15) is 9.59 Å². The highest BCUT2D eigenvalue weighted by Crippen LogP contribution is 2.08. The molecule has 0 aliphatic rings. The number of hydrogen-bond donors (Lipinski definition) is 2. The van der Waals surface area contributed by atoms with E-state index in [2.05, 4.69) is 16.8 Å². The molecule has 2 rings (SSSR count). The number of rotatable bonds is 3. The van der Waals surface area contributed by atoms with Crippen LogP contribution < -0.4 is 11.2 Å². The zero-order valence-corrected chi connectivity index (χ0v) is 11.7. The van der Waals surface area contributed by atoms with Crippen molar-refractivity contribution < 1.29 is 5.11 Å². The average molecular weight is 284 g/mol. The molecule has 2 aromatic rings. The van der Waals surface area contributed by atoms with Crippen molar-refractivity contribution in [2.75, 3.05) is 6.61 Å². The molecule has 0 unspecified atom stereocenters. The molecule has 1 aromatic carbocycles. The molecule has 0 fully saturated rings. The molecule has 108 valence electrons. The lowest BCUT2D eigenvalue weighted by Gasteiger charge is -2.08. The standard InChI is InChI=1S/C16H16N2O3/c1-2-12-10-18(16(21)17-15(12)20)11-14-7-4-3-6-13(14)8-5-9-19/h3-4,6-7,10,19H,2,9,11H2,1H3,(H,17,20,21). The molecule has 5 heteroatoms.